The second kappa shape index (κ2) is 7.23. The molecule has 0 spiro atoms. The van der Waals surface area contributed by atoms with Crippen molar-refractivity contribution in [3.63, 3.8) is 0 Å². The molecule has 7 heteroatoms. The monoisotopic (exact) mass is 349 g/mol. The van der Waals surface area contributed by atoms with E-state index in [0.717, 1.165) is 12.1 Å². The fourth-order valence-electron chi connectivity index (χ4n) is 2.64. The summed E-state index contributed by atoms with van der Waals surface area (Å²) in [6.45, 7) is 1.73. The fourth-order valence-corrected chi connectivity index (χ4v) is 2.91. The molecule has 3 heterocycles. The zero-order valence-corrected chi connectivity index (χ0v) is 14.5. The number of aryl methyl sites for hydroxylation is 1. The molecule has 0 radical (unpaired) electrons. The van der Waals surface area contributed by atoms with Crippen LogP contribution in [0.2, 0.25) is 5.02 Å². The average Bonchev–Trinajstić information content (AvgIpc) is 3.16. The molecule has 1 aliphatic heterocycles. The Morgan fingerprint density at radius 1 is 1.54 bits per heavy atom. The Morgan fingerprint density at radius 2 is 2.38 bits per heavy atom. The Kier molecular flexibility index (Phi) is 5.06. The number of aromatic nitrogens is 2. The Balaban J connectivity index is 1.68. The first-order chi connectivity index (χ1) is 11.5. The van der Waals surface area contributed by atoms with Gasteiger partial charge in [-0.2, -0.15) is 0 Å². The number of rotatable bonds is 5. The summed E-state index contributed by atoms with van der Waals surface area (Å²) in [6.07, 6.45) is 4.25. The zero-order valence-electron chi connectivity index (χ0n) is 13.7. The molecule has 6 nitrogen and oxygen atoms in total. The standard InChI is InChI=1S/C17H20ClN3O3/c1-20-9-13(18)8-14(20)10-21(2)17(22)12-3-5-19-16(7-12)24-15-4-6-23-11-15/h3,5,7-9,15H,4,6,10-11H2,1-2H3. The molecule has 0 bridgehead atoms. The fraction of sp³-hybridized carbons (Fsp3) is 0.412. The first-order valence-corrected chi connectivity index (χ1v) is 8.17. The molecular weight excluding hydrogens is 330 g/mol. The SMILES string of the molecule is CN(Cc1cc(Cl)cn1C)C(=O)c1ccnc(OC2CCOC2)c1. The van der Waals surface area contributed by atoms with Crippen LogP contribution in [0.1, 0.15) is 22.5 Å². The number of carbonyl (C=O) groups is 1. The van der Waals surface area contributed by atoms with Gasteiger partial charge in [0, 0.05) is 50.2 Å². The summed E-state index contributed by atoms with van der Waals surface area (Å²) in [5.74, 6) is 0.355. The molecule has 0 aromatic carbocycles. The average molecular weight is 350 g/mol. The van der Waals surface area contributed by atoms with Crippen molar-refractivity contribution < 1.29 is 14.3 Å². The van der Waals surface area contributed by atoms with Gasteiger partial charge in [0.2, 0.25) is 5.88 Å². The van der Waals surface area contributed by atoms with E-state index < -0.39 is 0 Å². The quantitative estimate of drug-likeness (QED) is 0.832. The van der Waals surface area contributed by atoms with E-state index >= 15 is 0 Å². The third-order valence-corrected chi connectivity index (χ3v) is 4.18. The van der Waals surface area contributed by atoms with Gasteiger partial charge in [-0.1, -0.05) is 11.6 Å². The smallest absolute Gasteiger partial charge is 0.254 e. The molecule has 24 heavy (non-hydrogen) atoms. The van der Waals surface area contributed by atoms with E-state index in [1.807, 2.05) is 23.9 Å². The number of ether oxygens (including phenoxy) is 2. The minimum absolute atomic E-state index is 0.00564. The first-order valence-electron chi connectivity index (χ1n) is 7.79. The topological polar surface area (TPSA) is 56.6 Å². The van der Waals surface area contributed by atoms with Crippen molar-refractivity contribution in [1.29, 1.82) is 0 Å². The maximum Gasteiger partial charge on any atom is 0.254 e. The molecule has 128 valence electrons. The largest absolute Gasteiger partial charge is 0.472 e. The van der Waals surface area contributed by atoms with Gasteiger partial charge in [0.25, 0.3) is 5.91 Å². The third kappa shape index (κ3) is 3.88. The predicted octanol–water partition coefficient (Wildman–Crippen LogP) is 2.51. The highest BCUT2D eigenvalue weighted by Crippen LogP contribution is 2.18. The number of nitrogens with zero attached hydrogens (tertiary/aromatic N) is 3. The second-order valence-electron chi connectivity index (χ2n) is 5.91. The number of carbonyl (C=O) groups excluding carboxylic acids is 1. The van der Waals surface area contributed by atoms with Crippen LogP contribution >= 0.6 is 11.6 Å². The molecule has 1 aliphatic rings. The van der Waals surface area contributed by atoms with E-state index in [0.29, 0.717) is 36.2 Å². The molecule has 1 unspecified atom stereocenters. The highest BCUT2D eigenvalue weighted by molar-refractivity contribution is 6.30. The van der Waals surface area contributed by atoms with Crippen LogP contribution < -0.4 is 4.74 Å². The normalized spacial score (nSPS) is 17.0. The van der Waals surface area contributed by atoms with Gasteiger partial charge in [-0.15, -0.1) is 0 Å². The van der Waals surface area contributed by atoms with Gasteiger partial charge in [0.15, 0.2) is 0 Å². The van der Waals surface area contributed by atoms with Crippen LogP contribution in [0.3, 0.4) is 0 Å². The van der Waals surface area contributed by atoms with Crippen molar-refractivity contribution in [2.24, 2.45) is 7.05 Å². The van der Waals surface area contributed by atoms with Crippen LogP contribution in [-0.4, -0.2) is 46.7 Å². The minimum atomic E-state index is -0.0951. The lowest BCUT2D eigenvalue weighted by atomic mass is 10.2. The van der Waals surface area contributed by atoms with Gasteiger partial charge >= 0.3 is 0 Å². The number of amides is 1. The van der Waals surface area contributed by atoms with Crippen molar-refractivity contribution in [1.82, 2.24) is 14.5 Å². The number of halogens is 1. The van der Waals surface area contributed by atoms with Crippen LogP contribution in [0.15, 0.2) is 30.6 Å². The number of hydrogen-bond donors (Lipinski definition) is 0. The van der Waals surface area contributed by atoms with Gasteiger partial charge in [0.1, 0.15) is 6.10 Å². The van der Waals surface area contributed by atoms with Crippen LogP contribution in [-0.2, 0) is 18.3 Å². The summed E-state index contributed by atoms with van der Waals surface area (Å²) in [5.41, 5.74) is 1.51. The van der Waals surface area contributed by atoms with Crippen LogP contribution in [0.25, 0.3) is 0 Å². The van der Waals surface area contributed by atoms with Crippen LogP contribution in [0.5, 0.6) is 5.88 Å². The molecule has 0 aliphatic carbocycles. The van der Waals surface area contributed by atoms with E-state index in [2.05, 4.69) is 4.98 Å². The Morgan fingerprint density at radius 3 is 3.04 bits per heavy atom. The molecule has 3 rings (SSSR count). The van der Waals surface area contributed by atoms with Gasteiger partial charge in [0.05, 0.1) is 24.8 Å². The number of hydrogen-bond acceptors (Lipinski definition) is 4. The van der Waals surface area contributed by atoms with Crippen LogP contribution in [0, 0.1) is 0 Å². The van der Waals surface area contributed by atoms with Gasteiger partial charge < -0.3 is 18.9 Å². The lowest BCUT2D eigenvalue weighted by Crippen LogP contribution is -2.27. The van der Waals surface area contributed by atoms with Gasteiger partial charge in [-0.05, 0) is 12.1 Å². The summed E-state index contributed by atoms with van der Waals surface area (Å²) in [5, 5.41) is 0.659. The number of pyridine rings is 1. The van der Waals surface area contributed by atoms with E-state index in [4.69, 9.17) is 21.1 Å². The highest BCUT2D eigenvalue weighted by Gasteiger charge is 2.19. The van der Waals surface area contributed by atoms with Crippen molar-refractivity contribution in [2.75, 3.05) is 20.3 Å². The van der Waals surface area contributed by atoms with Crippen molar-refractivity contribution in [2.45, 2.75) is 19.1 Å². The molecule has 1 saturated heterocycles. The van der Waals surface area contributed by atoms with Crippen LogP contribution in [0.4, 0.5) is 0 Å². The van der Waals surface area contributed by atoms with Gasteiger partial charge in [-0.25, -0.2) is 4.98 Å². The summed E-state index contributed by atoms with van der Waals surface area (Å²) >= 11 is 5.99. The third-order valence-electron chi connectivity index (χ3n) is 3.98. The molecule has 1 fully saturated rings. The van der Waals surface area contributed by atoms with Crippen molar-refractivity contribution in [3.05, 3.63) is 46.9 Å². The van der Waals surface area contributed by atoms with E-state index in [1.54, 1.807) is 30.3 Å². The minimum Gasteiger partial charge on any atom is -0.472 e. The Labute approximate surface area is 145 Å². The molecule has 0 N–H and O–H groups in total. The van der Waals surface area contributed by atoms with Crippen molar-refractivity contribution in [3.8, 4) is 5.88 Å². The first kappa shape index (κ1) is 16.8. The molecular formula is C17H20ClN3O3. The summed E-state index contributed by atoms with van der Waals surface area (Å²) in [7, 11) is 3.66. The second-order valence-corrected chi connectivity index (χ2v) is 6.34. The Hall–Kier alpha value is -2.05. The molecule has 2 aromatic rings. The lowest BCUT2D eigenvalue weighted by Gasteiger charge is -2.18. The Bertz CT molecular complexity index is 726. The van der Waals surface area contributed by atoms with Crippen molar-refractivity contribution >= 4 is 17.5 Å². The van der Waals surface area contributed by atoms with E-state index in [9.17, 15) is 4.79 Å². The predicted molar refractivity (Wildman–Crippen MR) is 90.3 cm³/mol. The maximum absolute atomic E-state index is 12.6. The highest BCUT2D eigenvalue weighted by atomic mass is 35.5. The molecule has 1 amide bonds. The summed E-state index contributed by atoms with van der Waals surface area (Å²) < 4.78 is 13.0. The van der Waals surface area contributed by atoms with E-state index in [1.165, 1.54) is 0 Å². The maximum atomic E-state index is 12.6. The summed E-state index contributed by atoms with van der Waals surface area (Å²) in [6, 6.07) is 5.22. The summed E-state index contributed by atoms with van der Waals surface area (Å²) in [4.78, 5) is 18.5. The van der Waals surface area contributed by atoms with Gasteiger partial charge in [-0.3, -0.25) is 4.79 Å². The molecule has 2 aromatic heterocycles. The van der Waals surface area contributed by atoms with E-state index in [-0.39, 0.29) is 12.0 Å². The molecule has 0 saturated carbocycles. The lowest BCUT2D eigenvalue weighted by molar-refractivity contribution is 0.0781. The molecule has 1 atom stereocenters. The zero-order chi connectivity index (χ0) is 17.1.